The minimum absolute atomic E-state index is 0.0145. The summed E-state index contributed by atoms with van der Waals surface area (Å²) in [6.45, 7) is 4.51. The highest BCUT2D eigenvalue weighted by Crippen LogP contribution is 2.15. The van der Waals surface area contributed by atoms with Crippen molar-refractivity contribution in [1.29, 1.82) is 0 Å². The third kappa shape index (κ3) is 5.20. The van der Waals surface area contributed by atoms with Crippen LogP contribution in [0.4, 0.5) is 0 Å². The van der Waals surface area contributed by atoms with Crippen LogP contribution in [0, 0.1) is 0 Å². The lowest BCUT2D eigenvalue weighted by Gasteiger charge is -2.27. The van der Waals surface area contributed by atoms with Crippen LogP contribution in [0.15, 0.2) is 54.6 Å². The number of nitrogens with zero attached hydrogens (tertiary/aromatic N) is 1. The summed E-state index contributed by atoms with van der Waals surface area (Å²) >= 11 is 0. The predicted molar refractivity (Wildman–Crippen MR) is 96.4 cm³/mol. The molecular formula is C19H23NO3S. The summed E-state index contributed by atoms with van der Waals surface area (Å²) in [5, 5.41) is 0. The maximum absolute atomic E-state index is 12.8. The first-order chi connectivity index (χ1) is 11.3. The van der Waals surface area contributed by atoms with Crippen LogP contribution in [-0.2, 0) is 22.1 Å². The smallest absolute Gasteiger partial charge is 0.254 e. The number of sulfone groups is 1. The number of benzene rings is 2. The van der Waals surface area contributed by atoms with Crippen molar-refractivity contribution < 1.29 is 13.2 Å². The molecule has 2 rings (SSSR count). The molecule has 0 bridgehead atoms. The zero-order valence-electron chi connectivity index (χ0n) is 14.3. The molecule has 0 aromatic heterocycles. The Labute approximate surface area is 144 Å². The highest BCUT2D eigenvalue weighted by atomic mass is 32.2. The molecule has 0 N–H and O–H groups in total. The SMILES string of the molecule is CC(C)N(Cc1ccccc1)C(=O)c1ccc(CS(C)(=O)=O)cc1. The molecule has 0 radical (unpaired) electrons. The molecule has 1 amide bonds. The van der Waals surface area contributed by atoms with Gasteiger partial charge in [0.25, 0.3) is 5.91 Å². The monoisotopic (exact) mass is 345 g/mol. The van der Waals surface area contributed by atoms with E-state index in [4.69, 9.17) is 0 Å². The number of carbonyl (C=O) groups excluding carboxylic acids is 1. The average Bonchev–Trinajstić information content (AvgIpc) is 2.52. The Kier molecular flexibility index (Phi) is 5.78. The lowest BCUT2D eigenvalue weighted by atomic mass is 10.1. The second-order valence-electron chi connectivity index (χ2n) is 6.28. The van der Waals surface area contributed by atoms with Crippen LogP contribution < -0.4 is 0 Å². The summed E-state index contributed by atoms with van der Waals surface area (Å²) in [6, 6.07) is 16.7. The number of carbonyl (C=O) groups is 1. The van der Waals surface area contributed by atoms with Crippen LogP contribution in [-0.4, -0.2) is 31.5 Å². The van der Waals surface area contributed by atoms with Gasteiger partial charge in [0, 0.05) is 24.4 Å². The van der Waals surface area contributed by atoms with Gasteiger partial charge in [-0.2, -0.15) is 0 Å². The van der Waals surface area contributed by atoms with Gasteiger partial charge >= 0.3 is 0 Å². The van der Waals surface area contributed by atoms with E-state index in [2.05, 4.69) is 0 Å². The highest BCUT2D eigenvalue weighted by Gasteiger charge is 2.19. The van der Waals surface area contributed by atoms with Gasteiger partial charge in [0.15, 0.2) is 9.84 Å². The minimum Gasteiger partial charge on any atom is -0.332 e. The first-order valence-electron chi connectivity index (χ1n) is 7.88. The molecule has 2 aromatic rings. The minimum atomic E-state index is -3.08. The van der Waals surface area contributed by atoms with E-state index in [1.807, 2.05) is 44.2 Å². The molecular weight excluding hydrogens is 322 g/mol. The summed E-state index contributed by atoms with van der Waals surface area (Å²) < 4.78 is 22.7. The summed E-state index contributed by atoms with van der Waals surface area (Å²) in [7, 11) is -3.08. The van der Waals surface area contributed by atoms with E-state index in [0.717, 1.165) is 5.56 Å². The van der Waals surface area contributed by atoms with Gasteiger partial charge in [-0.25, -0.2) is 8.42 Å². The summed E-state index contributed by atoms with van der Waals surface area (Å²) in [5.41, 5.74) is 2.33. The van der Waals surface area contributed by atoms with Gasteiger partial charge in [-0.1, -0.05) is 42.5 Å². The second kappa shape index (κ2) is 7.62. The Bertz CT molecular complexity index is 781. The van der Waals surface area contributed by atoms with E-state index < -0.39 is 9.84 Å². The fourth-order valence-electron chi connectivity index (χ4n) is 2.48. The lowest BCUT2D eigenvalue weighted by molar-refractivity contribution is 0.0690. The van der Waals surface area contributed by atoms with Gasteiger partial charge in [0.1, 0.15) is 0 Å². The predicted octanol–water partition coefficient (Wildman–Crippen LogP) is 3.28. The van der Waals surface area contributed by atoms with Gasteiger partial charge in [-0.05, 0) is 37.1 Å². The van der Waals surface area contributed by atoms with Crippen LogP contribution in [0.3, 0.4) is 0 Å². The Balaban J connectivity index is 2.17. The average molecular weight is 345 g/mol. The number of amides is 1. The van der Waals surface area contributed by atoms with Crippen LogP contribution in [0.5, 0.6) is 0 Å². The Hall–Kier alpha value is -2.14. The molecule has 128 valence electrons. The fraction of sp³-hybridized carbons (Fsp3) is 0.316. The zero-order valence-corrected chi connectivity index (χ0v) is 15.1. The van der Waals surface area contributed by atoms with Crippen molar-refractivity contribution >= 4 is 15.7 Å². The number of rotatable bonds is 6. The lowest BCUT2D eigenvalue weighted by Crippen LogP contribution is -2.36. The quantitative estimate of drug-likeness (QED) is 0.807. The van der Waals surface area contributed by atoms with Crippen molar-refractivity contribution in [2.24, 2.45) is 0 Å². The summed E-state index contributed by atoms with van der Waals surface area (Å²) in [6.07, 6.45) is 1.20. The van der Waals surface area contributed by atoms with Gasteiger partial charge in [-0.3, -0.25) is 4.79 Å². The molecule has 0 unspecified atom stereocenters. The van der Waals surface area contributed by atoms with E-state index >= 15 is 0 Å². The van der Waals surface area contributed by atoms with Gasteiger partial charge in [0.2, 0.25) is 0 Å². The Morgan fingerprint density at radius 2 is 1.54 bits per heavy atom. The number of hydrogen-bond acceptors (Lipinski definition) is 3. The second-order valence-corrected chi connectivity index (χ2v) is 8.42. The van der Waals surface area contributed by atoms with Crippen molar-refractivity contribution in [3.8, 4) is 0 Å². The molecule has 0 atom stereocenters. The van der Waals surface area contributed by atoms with Crippen molar-refractivity contribution in [1.82, 2.24) is 4.90 Å². The van der Waals surface area contributed by atoms with Gasteiger partial charge in [-0.15, -0.1) is 0 Å². The Morgan fingerprint density at radius 1 is 0.958 bits per heavy atom. The number of hydrogen-bond donors (Lipinski definition) is 0. The molecule has 0 saturated heterocycles. The molecule has 0 heterocycles. The zero-order chi connectivity index (χ0) is 17.7. The molecule has 5 heteroatoms. The van der Waals surface area contributed by atoms with Crippen molar-refractivity contribution in [3.05, 3.63) is 71.3 Å². The van der Waals surface area contributed by atoms with Gasteiger partial charge < -0.3 is 4.90 Å². The fourth-order valence-corrected chi connectivity index (χ4v) is 3.28. The third-order valence-electron chi connectivity index (χ3n) is 3.71. The van der Waals surface area contributed by atoms with Crippen molar-refractivity contribution in [2.45, 2.75) is 32.2 Å². The summed E-state index contributed by atoms with van der Waals surface area (Å²) in [4.78, 5) is 14.6. The van der Waals surface area contributed by atoms with Crippen LogP contribution in [0.25, 0.3) is 0 Å². The van der Waals surface area contributed by atoms with E-state index in [-0.39, 0.29) is 17.7 Å². The topological polar surface area (TPSA) is 54.5 Å². The van der Waals surface area contributed by atoms with Gasteiger partial charge in [0.05, 0.1) is 5.75 Å². The largest absolute Gasteiger partial charge is 0.332 e. The van der Waals surface area contributed by atoms with Crippen LogP contribution in [0.1, 0.15) is 35.3 Å². The maximum atomic E-state index is 12.8. The molecule has 0 aliphatic rings. The van der Waals surface area contributed by atoms with E-state index in [9.17, 15) is 13.2 Å². The molecule has 24 heavy (non-hydrogen) atoms. The highest BCUT2D eigenvalue weighted by molar-refractivity contribution is 7.89. The van der Waals surface area contributed by atoms with E-state index in [0.29, 0.717) is 17.7 Å². The van der Waals surface area contributed by atoms with Crippen LogP contribution >= 0.6 is 0 Å². The van der Waals surface area contributed by atoms with Crippen LogP contribution in [0.2, 0.25) is 0 Å². The molecule has 0 aliphatic carbocycles. The molecule has 4 nitrogen and oxygen atoms in total. The Morgan fingerprint density at radius 3 is 2.04 bits per heavy atom. The standard InChI is InChI=1S/C19H23NO3S/c1-15(2)20(13-16-7-5-4-6-8-16)19(21)18-11-9-17(10-12-18)14-24(3,22)23/h4-12,15H,13-14H2,1-3H3. The molecule has 0 fully saturated rings. The molecule has 2 aromatic carbocycles. The van der Waals surface area contributed by atoms with E-state index in [1.165, 1.54) is 6.26 Å². The third-order valence-corrected chi connectivity index (χ3v) is 4.57. The first kappa shape index (κ1) is 18.2. The van der Waals surface area contributed by atoms with Crippen molar-refractivity contribution in [3.63, 3.8) is 0 Å². The molecule has 0 spiro atoms. The molecule has 0 saturated carbocycles. The van der Waals surface area contributed by atoms with E-state index in [1.54, 1.807) is 29.2 Å². The summed E-state index contributed by atoms with van der Waals surface area (Å²) in [5.74, 6) is -0.0703. The first-order valence-corrected chi connectivity index (χ1v) is 9.94. The maximum Gasteiger partial charge on any atom is 0.254 e. The molecule has 0 aliphatic heterocycles. The van der Waals surface area contributed by atoms with Crippen molar-refractivity contribution in [2.75, 3.05) is 6.26 Å². The normalized spacial score (nSPS) is 11.5.